The van der Waals surface area contributed by atoms with Gasteiger partial charge in [-0.15, -0.1) is 0 Å². The molecule has 2 unspecified atom stereocenters. The van der Waals surface area contributed by atoms with Crippen LogP contribution in [0.25, 0.3) is 0 Å². The van der Waals surface area contributed by atoms with Gasteiger partial charge in [-0.05, 0) is 50.5 Å². The number of nitrogens with one attached hydrogen (secondary N) is 1. The van der Waals surface area contributed by atoms with Crippen LogP contribution in [0.1, 0.15) is 45.6 Å². The molecule has 2 atom stereocenters. The minimum atomic E-state index is -3.63. The predicted molar refractivity (Wildman–Crippen MR) is 148 cm³/mol. The summed E-state index contributed by atoms with van der Waals surface area (Å²) in [7, 11) is -3.63. The summed E-state index contributed by atoms with van der Waals surface area (Å²) in [5.41, 5.74) is 1.15. The van der Waals surface area contributed by atoms with Crippen molar-refractivity contribution in [1.82, 2.24) is 10.2 Å². The van der Waals surface area contributed by atoms with Gasteiger partial charge in [-0.25, -0.2) is 8.42 Å². The van der Waals surface area contributed by atoms with Gasteiger partial charge >= 0.3 is 0 Å². The van der Waals surface area contributed by atoms with Crippen LogP contribution in [0.2, 0.25) is 5.02 Å². The van der Waals surface area contributed by atoms with Crippen LogP contribution in [-0.4, -0.2) is 63.2 Å². The van der Waals surface area contributed by atoms with Crippen molar-refractivity contribution in [2.24, 2.45) is 0 Å². The molecule has 208 valence electrons. The number of carbonyl (C=O) groups excluding carboxylic acids is 2. The summed E-state index contributed by atoms with van der Waals surface area (Å²) in [5, 5.41) is 3.43. The van der Waals surface area contributed by atoms with E-state index in [0.717, 1.165) is 18.2 Å². The molecule has 1 aliphatic rings. The van der Waals surface area contributed by atoms with Gasteiger partial charge in [0.05, 0.1) is 11.9 Å². The number of benzene rings is 2. The molecule has 0 aliphatic carbocycles. The van der Waals surface area contributed by atoms with E-state index in [1.54, 1.807) is 37.3 Å². The Hall–Kier alpha value is -2.98. The number of rotatable bonds is 12. The van der Waals surface area contributed by atoms with E-state index >= 15 is 0 Å². The Bertz CT molecular complexity index is 1240. The van der Waals surface area contributed by atoms with Crippen LogP contribution in [0.5, 0.6) is 11.5 Å². The number of ether oxygens (including phenoxy) is 2. The van der Waals surface area contributed by atoms with Crippen LogP contribution in [0.3, 0.4) is 0 Å². The molecule has 9 nitrogen and oxygen atoms in total. The summed E-state index contributed by atoms with van der Waals surface area (Å²) in [6.07, 6.45) is 2.18. The summed E-state index contributed by atoms with van der Waals surface area (Å²) in [6.45, 7) is 6.62. The molecule has 11 heteroatoms. The lowest BCUT2D eigenvalue weighted by molar-refractivity contribution is -0.140. The van der Waals surface area contributed by atoms with E-state index in [2.05, 4.69) is 5.32 Å². The van der Waals surface area contributed by atoms with Crippen LogP contribution in [0.15, 0.2) is 42.5 Å². The third-order valence-electron chi connectivity index (χ3n) is 6.43. The molecule has 1 aliphatic heterocycles. The number of hydrogen-bond donors (Lipinski definition) is 1. The largest absolute Gasteiger partial charge is 0.486 e. The molecule has 0 fully saturated rings. The molecule has 0 saturated carbocycles. The fraction of sp³-hybridized carbons (Fsp3) is 0.481. The molecule has 2 aromatic rings. The number of fused-ring (bicyclic) bond motifs is 1. The van der Waals surface area contributed by atoms with Gasteiger partial charge in [-0.2, -0.15) is 0 Å². The molecule has 1 heterocycles. The second-order valence-corrected chi connectivity index (χ2v) is 11.7. The van der Waals surface area contributed by atoms with Gasteiger partial charge in [0, 0.05) is 36.6 Å². The highest BCUT2D eigenvalue weighted by molar-refractivity contribution is 7.92. The Morgan fingerprint density at radius 2 is 1.76 bits per heavy atom. The number of sulfonamides is 1. The van der Waals surface area contributed by atoms with Crippen LogP contribution >= 0.6 is 11.6 Å². The lowest BCUT2D eigenvalue weighted by Crippen LogP contribution is -2.49. The molecule has 0 radical (unpaired) electrons. The number of halogens is 1. The van der Waals surface area contributed by atoms with Crippen molar-refractivity contribution in [3.05, 3.63) is 53.1 Å². The highest BCUT2D eigenvalue weighted by Gasteiger charge is 2.28. The molecule has 0 spiro atoms. The van der Waals surface area contributed by atoms with Crippen LogP contribution < -0.4 is 19.1 Å². The van der Waals surface area contributed by atoms with Crippen LogP contribution in [0.4, 0.5) is 5.69 Å². The van der Waals surface area contributed by atoms with E-state index in [0.29, 0.717) is 35.4 Å². The third kappa shape index (κ3) is 7.77. The number of amides is 2. The number of hydrogen-bond acceptors (Lipinski definition) is 6. The Morgan fingerprint density at radius 3 is 2.42 bits per heavy atom. The van der Waals surface area contributed by atoms with Gasteiger partial charge in [-0.3, -0.25) is 13.9 Å². The van der Waals surface area contributed by atoms with E-state index in [-0.39, 0.29) is 43.8 Å². The van der Waals surface area contributed by atoms with Crippen molar-refractivity contribution in [1.29, 1.82) is 0 Å². The quantitative estimate of drug-likeness (QED) is 0.417. The molecule has 38 heavy (non-hydrogen) atoms. The number of anilines is 1. The van der Waals surface area contributed by atoms with Gasteiger partial charge < -0.3 is 19.7 Å². The van der Waals surface area contributed by atoms with E-state index < -0.39 is 16.1 Å². The lowest BCUT2D eigenvalue weighted by Gasteiger charge is -2.30. The minimum absolute atomic E-state index is 0.0310. The van der Waals surface area contributed by atoms with Crippen molar-refractivity contribution in [2.75, 3.05) is 30.3 Å². The van der Waals surface area contributed by atoms with E-state index in [4.69, 9.17) is 21.1 Å². The molecule has 2 aromatic carbocycles. The summed E-state index contributed by atoms with van der Waals surface area (Å²) in [6, 6.07) is 11.4. The van der Waals surface area contributed by atoms with E-state index in [1.165, 1.54) is 9.21 Å². The fourth-order valence-corrected chi connectivity index (χ4v) is 5.20. The van der Waals surface area contributed by atoms with Crippen molar-refractivity contribution in [3.63, 3.8) is 0 Å². The maximum absolute atomic E-state index is 13.4. The Morgan fingerprint density at radius 1 is 1.08 bits per heavy atom. The standard InChI is InChI=1S/C27H36ClN3O6S/c1-5-19(2)29-27(33)20(3)30(18-21-9-6-7-10-23(21)28)26(32)11-8-14-31(38(4,34)35)22-12-13-24-25(17-22)37-16-15-36-24/h6-7,9-10,12-13,17,19-20H,5,8,11,14-16,18H2,1-4H3,(H,29,33). The van der Waals surface area contributed by atoms with Gasteiger partial charge in [-0.1, -0.05) is 36.7 Å². The van der Waals surface area contributed by atoms with E-state index in [9.17, 15) is 18.0 Å². The summed E-state index contributed by atoms with van der Waals surface area (Å²) < 4.78 is 37.6. The first-order chi connectivity index (χ1) is 18.0. The van der Waals surface area contributed by atoms with Gasteiger partial charge in [0.1, 0.15) is 19.3 Å². The molecular formula is C27H36ClN3O6S. The maximum Gasteiger partial charge on any atom is 0.242 e. The van der Waals surface area contributed by atoms with Crippen LogP contribution in [-0.2, 0) is 26.2 Å². The van der Waals surface area contributed by atoms with Crippen molar-refractivity contribution in [2.45, 2.75) is 58.7 Å². The Kier molecular flexibility index (Phi) is 10.3. The zero-order valence-corrected chi connectivity index (χ0v) is 23.8. The first kappa shape index (κ1) is 29.6. The predicted octanol–water partition coefficient (Wildman–Crippen LogP) is 3.99. The molecule has 0 bridgehead atoms. The second kappa shape index (κ2) is 13.2. The van der Waals surface area contributed by atoms with Gasteiger partial charge in [0.15, 0.2) is 11.5 Å². The molecule has 0 aromatic heterocycles. The lowest BCUT2D eigenvalue weighted by atomic mass is 10.1. The Labute approximate surface area is 230 Å². The van der Waals surface area contributed by atoms with Crippen molar-refractivity contribution in [3.8, 4) is 11.5 Å². The molecule has 1 N–H and O–H groups in total. The van der Waals surface area contributed by atoms with Crippen molar-refractivity contribution >= 4 is 39.1 Å². The zero-order valence-electron chi connectivity index (χ0n) is 22.3. The molecule has 2 amide bonds. The summed E-state index contributed by atoms with van der Waals surface area (Å²) in [5.74, 6) is 0.509. The topological polar surface area (TPSA) is 105 Å². The van der Waals surface area contributed by atoms with E-state index in [1.807, 2.05) is 26.0 Å². The summed E-state index contributed by atoms with van der Waals surface area (Å²) >= 11 is 6.35. The monoisotopic (exact) mass is 565 g/mol. The Balaban J connectivity index is 1.75. The third-order valence-corrected chi connectivity index (χ3v) is 8.00. The second-order valence-electron chi connectivity index (χ2n) is 9.37. The molecular weight excluding hydrogens is 530 g/mol. The summed E-state index contributed by atoms with van der Waals surface area (Å²) in [4.78, 5) is 27.8. The average molecular weight is 566 g/mol. The van der Waals surface area contributed by atoms with Crippen LogP contribution in [0, 0.1) is 0 Å². The fourth-order valence-electron chi connectivity index (χ4n) is 4.05. The zero-order chi connectivity index (χ0) is 27.9. The first-order valence-electron chi connectivity index (χ1n) is 12.7. The highest BCUT2D eigenvalue weighted by Crippen LogP contribution is 2.34. The van der Waals surface area contributed by atoms with Gasteiger partial charge in [0.2, 0.25) is 21.8 Å². The minimum Gasteiger partial charge on any atom is -0.486 e. The molecule has 3 rings (SSSR count). The number of carbonyl (C=O) groups is 2. The highest BCUT2D eigenvalue weighted by atomic mass is 35.5. The van der Waals surface area contributed by atoms with Gasteiger partial charge in [0.25, 0.3) is 0 Å². The number of nitrogens with zero attached hydrogens (tertiary/aromatic N) is 2. The first-order valence-corrected chi connectivity index (χ1v) is 14.9. The smallest absolute Gasteiger partial charge is 0.242 e. The maximum atomic E-state index is 13.4. The normalized spacial score (nSPS) is 14.3. The average Bonchev–Trinajstić information content (AvgIpc) is 2.89. The van der Waals surface area contributed by atoms with Crippen molar-refractivity contribution < 1.29 is 27.5 Å². The molecule has 0 saturated heterocycles. The SMILES string of the molecule is CCC(C)NC(=O)C(C)N(Cc1ccccc1Cl)C(=O)CCCN(c1ccc2c(c1)OCCO2)S(C)(=O)=O.